The van der Waals surface area contributed by atoms with Crippen LogP contribution in [0.3, 0.4) is 0 Å². The number of carbonyl (C=O) groups excluding carboxylic acids is 8. The Bertz CT molecular complexity index is 1250. The quantitative estimate of drug-likeness (QED) is 0.256. The highest BCUT2D eigenvalue weighted by Crippen LogP contribution is 2.13. The molecule has 2 aromatic rings. The van der Waals surface area contributed by atoms with Gasteiger partial charge in [0.1, 0.15) is 0 Å². The highest BCUT2D eigenvalue weighted by atomic mass is 16.6. The Labute approximate surface area is 248 Å². The first kappa shape index (κ1) is 37.9. The molecule has 0 saturated heterocycles. The molecule has 0 unspecified atom stereocenters. The van der Waals surface area contributed by atoms with Crippen LogP contribution in [0.1, 0.15) is 82.0 Å². The summed E-state index contributed by atoms with van der Waals surface area (Å²) in [6.45, 7) is 4.26. The van der Waals surface area contributed by atoms with E-state index >= 15 is 0 Å². The van der Waals surface area contributed by atoms with Crippen molar-refractivity contribution < 1.29 is 77.1 Å². The fourth-order valence-electron chi connectivity index (χ4n) is 2.63. The molecule has 234 valence electrons. The summed E-state index contributed by atoms with van der Waals surface area (Å²) in [5.41, 5.74) is -0.559. The maximum Gasteiger partial charge on any atom is 0.346 e. The second-order valence-corrected chi connectivity index (χ2v) is 7.90. The van der Waals surface area contributed by atoms with Gasteiger partial charge in [0.05, 0.1) is 35.1 Å². The predicted molar refractivity (Wildman–Crippen MR) is 142 cm³/mol. The Morgan fingerprint density at radius 2 is 0.614 bits per heavy atom. The average molecular weight is 619 g/mol. The van der Waals surface area contributed by atoms with E-state index in [9.17, 15) is 47.9 Å². The molecule has 0 bridgehead atoms. The molecule has 0 atom stereocenters. The van der Waals surface area contributed by atoms with Crippen molar-refractivity contribution in [3.8, 4) is 0 Å². The lowest BCUT2D eigenvalue weighted by atomic mass is 10.1. The van der Waals surface area contributed by atoms with Crippen LogP contribution in [0.15, 0.2) is 48.5 Å². The molecule has 0 spiro atoms. The van der Waals surface area contributed by atoms with Crippen molar-refractivity contribution in [3.63, 3.8) is 0 Å². The molecule has 0 aliphatic heterocycles. The molecule has 0 radical (unpaired) electrons. The average Bonchev–Trinajstić information content (AvgIpc) is 2.91. The first-order valence-corrected chi connectivity index (χ1v) is 12.0. The van der Waals surface area contributed by atoms with Crippen LogP contribution in [0.25, 0.3) is 0 Å². The van der Waals surface area contributed by atoms with Crippen LogP contribution in [0.2, 0.25) is 0 Å². The molecule has 0 aliphatic rings. The number of carboxylic acids is 2. The van der Waals surface area contributed by atoms with Gasteiger partial charge in [0.25, 0.3) is 0 Å². The molecule has 0 aliphatic carbocycles. The van der Waals surface area contributed by atoms with Crippen molar-refractivity contribution >= 4 is 59.7 Å². The van der Waals surface area contributed by atoms with Crippen molar-refractivity contribution in [2.75, 3.05) is 0 Å². The van der Waals surface area contributed by atoms with E-state index in [0.29, 0.717) is 0 Å². The molecular weight excluding hydrogens is 592 g/mol. The zero-order valence-corrected chi connectivity index (χ0v) is 23.6. The van der Waals surface area contributed by atoms with E-state index in [-0.39, 0.29) is 35.1 Å². The predicted octanol–water partition coefficient (Wildman–Crippen LogP) is 2.12. The second kappa shape index (κ2) is 19.1. The summed E-state index contributed by atoms with van der Waals surface area (Å²) in [5, 5.41) is 15.8. The fraction of sp³-hybridized carbons (Fsp3) is 0.214. The zero-order chi connectivity index (χ0) is 34.0. The third kappa shape index (κ3) is 15.7. The monoisotopic (exact) mass is 618 g/mol. The van der Waals surface area contributed by atoms with Crippen LogP contribution in [0, 0.1) is 0 Å². The molecule has 16 heteroatoms. The van der Waals surface area contributed by atoms with Crippen molar-refractivity contribution in [2.24, 2.45) is 0 Å². The molecule has 2 rings (SSSR count). The maximum absolute atomic E-state index is 11.5. The van der Waals surface area contributed by atoms with Gasteiger partial charge in [0.2, 0.25) is 0 Å². The van der Waals surface area contributed by atoms with Gasteiger partial charge in [-0.3, -0.25) is 28.8 Å². The van der Waals surface area contributed by atoms with Gasteiger partial charge in [0, 0.05) is 27.7 Å². The maximum atomic E-state index is 11.5. The summed E-state index contributed by atoms with van der Waals surface area (Å²) in [4.78, 5) is 108. The number of aliphatic carboxylic acids is 2. The lowest BCUT2D eigenvalue weighted by Crippen LogP contribution is -2.17. The van der Waals surface area contributed by atoms with E-state index in [1.807, 2.05) is 0 Å². The number of benzene rings is 2. The largest absolute Gasteiger partial charge is 0.481 e. The number of esters is 8. The number of rotatable bonds is 7. The smallest absolute Gasteiger partial charge is 0.346 e. The molecule has 2 aromatic carbocycles. The van der Waals surface area contributed by atoms with Gasteiger partial charge in [0.15, 0.2) is 0 Å². The SMILES string of the molecule is CC(=O)OC(=O)c1ccccc1C(=O)OC(C)=O.CC(=O)OC(=O)c1ccccc1C(=O)OC(C)=O.O=C(O)CCC(=O)O. The third-order valence-electron chi connectivity index (χ3n) is 4.23. The first-order valence-electron chi connectivity index (χ1n) is 12.0. The van der Waals surface area contributed by atoms with E-state index in [1.54, 1.807) is 0 Å². The molecule has 0 fully saturated rings. The molecule has 0 aromatic heterocycles. The first-order chi connectivity index (χ1) is 20.5. The minimum Gasteiger partial charge on any atom is -0.481 e. The molecular formula is C28H26O16. The van der Waals surface area contributed by atoms with Crippen molar-refractivity contribution in [1.29, 1.82) is 0 Å². The fourth-order valence-corrected chi connectivity index (χ4v) is 2.63. The lowest BCUT2D eigenvalue weighted by Gasteiger charge is -2.06. The Morgan fingerprint density at radius 1 is 0.432 bits per heavy atom. The van der Waals surface area contributed by atoms with E-state index < -0.39 is 59.7 Å². The lowest BCUT2D eigenvalue weighted by molar-refractivity contribution is -0.143. The minimum atomic E-state index is -1.08. The second-order valence-electron chi connectivity index (χ2n) is 7.90. The minimum absolute atomic E-state index is 0.140. The van der Waals surface area contributed by atoms with Gasteiger partial charge < -0.3 is 29.2 Å². The highest BCUT2D eigenvalue weighted by Gasteiger charge is 2.22. The summed E-state index contributed by atoms with van der Waals surface area (Å²) in [6.07, 6.45) is -0.593. The highest BCUT2D eigenvalue weighted by molar-refractivity contribution is 6.08. The van der Waals surface area contributed by atoms with Crippen molar-refractivity contribution in [1.82, 2.24) is 0 Å². The van der Waals surface area contributed by atoms with Crippen LogP contribution >= 0.6 is 0 Å². The Hall–Kier alpha value is -6.06. The number of carbonyl (C=O) groups is 10. The molecule has 0 saturated carbocycles. The number of hydrogen-bond acceptors (Lipinski definition) is 14. The standard InChI is InChI=1S/2C12H10O6.C4H6O4/c2*1-7(13)17-11(15)9-5-3-4-6-10(9)12(16)18-8(2)14;5-3(6)1-2-4(7)8/h2*3-6H,1-2H3;1-2H2,(H,5,6)(H,7,8). The molecule has 2 N–H and O–H groups in total. The number of carboxylic acid groups (broad SMARTS) is 2. The topological polar surface area (TPSA) is 248 Å². The summed E-state index contributed by atoms with van der Waals surface area (Å²) < 4.78 is 17.4. The van der Waals surface area contributed by atoms with Crippen LogP contribution in [0.5, 0.6) is 0 Å². The summed E-state index contributed by atoms with van der Waals surface area (Å²) in [5.74, 6) is -9.23. The Kier molecular flexibility index (Phi) is 16.5. The van der Waals surface area contributed by atoms with Crippen molar-refractivity contribution in [2.45, 2.75) is 40.5 Å². The van der Waals surface area contributed by atoms with Gasteiger partial charge in [-0.25, -0.2) is 19.2 Å². The van der Waals surface area contributed by atoms with Crippen LogP contribution in [-0.4, -0.2) is 69.9 Å². The van der Waals surface area contributed by atoms with Gasteiger partial charge in [-0.15, -0.1) is 0 Å². The Morgan fingerprint density at radius 3 is 0.750 bits per heavy atom. The normalized spacial score (nSPS) is 9.27. The molecule has 44 heavy (non-hydrogen) atoms. The van der Waals surface area contributed by atoms with Crippen LogP contribution in [-0.2, 0) is 47.7 Å². The van der Waals surface area contributed by atoms with E-state index in [1.165, 1.54) is 48.5 Å². The van der Waals surface area contributed by atoms with E-state index in [2.05, 4.69) is 18.9 Å². The third-order valence-corrected chi connectivity index (χ3v) is 4.23. The van der Waals surface area contributed by atoms with E-state index in [0.717, 1.165) is 27.7 Å². The van der Waals surface area contributed by atoms with Gasteiger partial charge in [-0.1, -0.05) is 24.3 Å². The van der Waals surface area contributed by atoms with Gasteiger partial charge in [-0.2, -0.15) is 0 Å². The van der Waals surface area contributed by atoms with Gasteiger partial charge >= 0.3 is 59.7 Å². The molecule has 0 amide bonds. The van der Waals surface area contributed by atoms with Crippen LogP contribution in [0.4, 0.5) is 0 Å². The molecule has 0 heterocycles. The zero-order valence-electron chi connectivity index (χ0n) is 23.6. The summed E-state index contributed by atoms with van der Waals surface area (Å²) in [7, 11) is 0. The molecule has 16 nitrogen and oxygen atoms in total. The van der Waals surface area contributed by atoms with Gasteiger partial charge in [-0.05, 0) is 24.3 Å². The number of hydrogen-bond donors (Lipinski definition) is 2. The number of ether oxygens (including phenoxy) is 4. The summed E-state index contributed by atoms with van der Waals surface area (Å²) in [6, 6.07) is 11.1. The van der Waals surface area contributed by atoms with Crippen molar-refractivity contribution in [3.05, 3.63) is 70.8 Å². The van der Waals surface area contributed by atoms with E-state index in [4.69, 9.17) is 10.2 Å². The summed E-state index contributed by atoms with van der Waals surface area (Å²) >= 11 is 0. The van der Waals surface area contributed by atoms with Crippen LogP contribution < -0.4 is 0 Å². The Balaban J connectivity index is 0.000000679.